The second-order valence-electron chi connectivity index (χ2n) is 21.0. The lowest BCUT2D eigenvalue weighted by atomic mass is 9.98. The minimum atomic E-state index is -2.21. The maximum absolute atomic E-state index is 15.1. The zero-order valence-electron chi connectivity index (χ0n) is 45.1. The molecule has 0 bridgehead atoms. The predicted octanol–water partition coefficient (Wildman–Crippen LogP) is -3.77. The van der Waals surface area contributed by atoms with E-state index in [9.17, 15) is 69.9 Å². The fourth-order valence-corrected chi connectivity index (χ4v) is 11.0. The monoisotopic (exact) mass is 1190 g/mol. The Hall–Kier alpha value is -6.78. The molecule has 3 heterocycles. The van der Waals surface area contributed by atoms with E-state index in [1.807, 2.05) is 48.5 Å². The molecule has 1 unspecified atom stereocenters. The van der Waals surface area contributed by atoms with E-state index < -0.39 is 203 Å². The zero-order valence-corrected chi connectivity index (χ0v) is 45.9. The van der Waals surface area contributed by atoms with Gasteiger partial charge in [0.05, 0.1) is 61.9 Å². The van der Waals surface area contributed by atoms with Crippen molar-refractivity contribution in [2.75, 3.05) is 46.0 Å². The molecule has 3 fully saturated rings. The molecule has 83 heavy (non-hydrogen) atoms. The topological polar surface area (TPSA) is 443 Å². The van der Waals surface area contributed by atoms with Crippen LogP contribution in [0.2, 0.25) is 0 Å². The van der Waals surface area contributed by atoms with Gasteiger partial charge in [-0.05, 0) is 59.7 Å². The van der Waals surface area contributed by atoms with Gasteiger partial charge >= 0.3 is 6.09 Å². The van der Waals surface area contributed by atoms with E-state index in [4.69, 9.17) is 19.9 Å². The van der Waals surface area contributed by atoms with Crippen molar-refractivity contribution in [3.63, 3.8) is 0 Å². The van der Waals surface area contributed by atoms with E-state index in [1.54, 1.807) is 0 Å². The third-order valence-electron chi connectivity index (χ3n) is 15.2. The highest BCUT2D eigenvalue weighted by Crippen LogP contribution is 2.44. The Kier molecular flexibility index (Phi) is 22.0. The number of carbonyl (C=O) groups excluding carboxylic acids is 7. The van der Waals surface area contributed by atoms with Crippen LogP contribution in [-0.4, -0.2) is 232 Å². The van der Waals surface area contributed by atoms with Gasteiger partial charge in [0.2, 0.25) is 35.4 Å². The standard InChI is InChI=1S/C53H70N8O21S/c1-25-20-61-45(46(25)70)50(74)55-19-29(65)17-36(54)47(71)56-42(26(2)64)51(75)60-21-30(66)18-37(60)48(72)57-43(40(69)15-27-11-12-38(67)41(16-27)80-83-82-81-78)49(73)58-44(52(61)76)39(68)13-14-59(28(22-62)23-63)53(77)79-24-35-33-9-5-3-7-31(33)32-8-4-6-10-34(32)35/h3-12,16,25-26,28-30,35-37,39-40,42-46,62-70,78H,13-15,17-24,54H2,1-2H3,(H,55,74)(H,56,71)(H,57,72)(H,58,73)/t25-,26+,29+,30+,36?,37-,39+,40+,42-,43-,44-,45-,46-/m0/s1. The highest BCUT2D eigenvalue weighted by molar-refractivity contribution is 7.90. The van der Waals surface area contributed by atoms with Crippen molar-refractivity contribution in [3.8, 4) is 22.6 Å². The van der Waals surface area contributed by atoms with Gasteiger partial charge in [0.15, 0.2) is 11.5 Å². The zero-order chi connectivity index (χ0) is 60.4. The van der Waals surface area contributed by atoms with E-state index in [1.165, 1.54) is 13.0 Å². The van der Waals surface area contributed by atoms with Crippen LogP contribution in [0, 0.1) is 5.92 Å². The number of rotatable bonds is 17. The van der Waals surface area contributed by atoms with E-state index in [2.05, 4.69) is 30.6 Å². The molecule has 3 aliphatic heterocycles. The summed E-state index contributed by atoms with van der Waals surface area (Å²) in [5, 5.41) is 121. The number of benzene rings is 3. The minimum absolute atomic E-state index is 0.0587. The normalized spacial score (nSPS) is 26.8. The van der Waals surface area contributed by atoms with Crippen LogP contribution in [-0.2, 0) is 49.3 Å². The van der Waals surface area contributed by atoms with Crippen molar-refractivity contribution in [1.29, 1.82) is 0 Å². The number of aliphatic hydroxyl groups is 8. The molecular formula is C53H70N8O21S. The third-order valence-corrected chi connectivity index (χ3v) is 15.6. The maximum Gasteiger partial charge on any atom is 0.410 e. The summed E-state index contributed by atoms with van der Waals surface area (Å²) in [6.45, 7) is -1.39. The smallest absolute Gasteiger partial charge is 0.410 e. The quantitative estimate of drug-likeness (QED) is 0.0267. The summed E-state index contributed by atoms with van der Waals surface area (Å²) in [5.74, 6) is -9.20. The van der Waals surface area contributed by atoms with Gasteiger partial charge in [-0.2, -0.15) is 0 Å². The van der Waals surface area contributed by atoms with Crippen molar-refractivity contribution in [1.82, 2.24) is 36.0 Å². The van der Waals surface area contributed by atoms with Crippen LogP contribution in [0.1, 0.15) is 55.7 Å². The molecule has 3 saturated heterocycles. The lowest BCUT2D eigenvalue weighted by Gasteiger charge is -2.35. The number of aliphatic hydroxyl groups excluding tert-OH is 8. The largest absolute Gasteiger partial charge is 0.504 e. The number of aromatic hydroxyl groups is 1. The van der Waals surface area contributed by atoms with Crippen LogP contribution >= 0.6 is 12.3 Å². The molecule has 30 heteroatoms. The van der Waals surface area contributed by atoms with Gasteiger partial charge in [0, 0.05) is 50.9 Å². The second kappa shape index (κ2) is 28.7. The number of ether oxygens (including phenoxy) is 1. The van der Waals surface area contributed by atoms with Gasteiger partial charge in [0.1, 0.15) is 36.8 Å². The summed E-state index contributed by atoms with van der Waals surface area (Å²) in [6.07, 6.45) is -13.8. The molecule has 0 saturated carbocycles. The van der Waals surface area contributed by atoms with E-state index in [0.717, 1.165) is 56.0 Å². The Bertz CT molecular complexity index is 2750. The Labute approximate surface area is 479 Å². The highest BCUT2D eigenvalue weighted by atomic mass is 32.2. The summed E-state index contributed by atoms with van der Waals surface area (Å²) in [7, 11) is 0. The average Bonchev–Trinajstić information content (AvgIpc) is 2.84. The van der Waals surface area contributed by atoms with Crippen LogP contribution < -0.4 is 31.2 Å². The van der Waals surface area contributed by atoms with Crippen molar-refractivity contribution < 1.29 is 103 Å². The molecule has 0 aromatic heterocycles. The molecular weight excluding hydrogens is 1120 g/mol. The molecule has 16 N–H and O–H groups in total. The van der Waals surface area contributed by atoms with E-state index >= 15 is 9.59 Å². The van der Waals surface area contributed by atoms with Crippen molar-refractivity contribution in [2.45, 2.75) is 124 Å². The van der Waals surface area contributed by atoms with Gasteiger partial charge < -0.3 is 96.6 Å². The minimum Gasteiger partial charge on any atom is -0.504 e. The first-order valence-electron chi connectivity index (χ1n) is 26.7. The molecule has 13 atom stereocenters. The molecule has 4 aliphatic rings. The van der Waals surface area contributed by atoms with E-state index in [0.29, 0.717) is 0 Å². The number of β-amino-alcohol motifs (C(OH)–C–C–N with tert-alkyl or cyclic N) is 1. The van der Waals surface area contributed by atoms with Crippen molar-refractivity contribution in [3.05, 3.63) is 83.4 Å². The Balaban J connectivity index is 1.25. The molecule has 454 valence electrons. The Morgan fingerprint density at radius 1 is 0.783 bits per heavy atom. The summed E-state index contributed by atoms with van der Waals surface area (Å²) in [6, 6.07) is 5.90. The number of phenols is 1. The van der Waals surface area contributed by atoms with E-state index in [-0.39, 0.29) is 30.2 Å². The number of fused-ring (bicyclic) bond motifs is 5. The summed E-state index contributed by atoms with van der Waals surface area (Å²) in [5.41, 5.74) is 9.78. The molecule has 3 aromatic carbocycles. The van der Waals surface area contributed by atoms with Gasteiger partial charge in [0.25, 0.3) is 12.3 Å². The summed E-state index contributed by atoms with van der Waals surface area (Å²) < 4.78 is 15.2. The Morgan fingerprint density at radius 3 is 2.05 bits per heavy atom. The number of amides is 7. The maximum atomic E-state index is 15.1. The van der Waals surface area contributed by atoms with Crippen LogP contribution in [0.5, 0.6) is 11.5 Å². The number of hydrogen-bond acceptors (Lipinski definition) is 23. The van der Waals surface area contributed by atoms with Gasteiger partial charge in [-0.3, -0.25) is 28.8 Å². The summed E-state index contributed by atoms with van der Waals surface area (Å²) >= 11 is 0.0587. The summed E-state index contributed by atoms with van der Waals surface area (Å²) in [4.78, 5) is 103. The number of nitrogens with one attached hydrogen (secondary N) is 4. The average molecular weight is 1190 g/mol. The van der Waals surface area contributed by atoms with Crippen LogP contribution in [0.15, 0.2) is 66.7 Å². The van der Waals surface area contributed by atoms with Crippen LogP contribution in [0.3, 0.4) is 0 Å². The SMILES string of the molecule is C[C@@H](O)[C@@H]1NC(=O)C(N)C[C@@H](O)CNC(=O)[C@@H]2[C@@H](O)[C@@H](C)CN2C(=O)[C@H]([C@H](O)CCN(C(=O)OCC2c3ccccc3-c3ccccc32)C(CO)CO)NC(=O)[C@H]([C@H](O)Cc2ccc(O)c(OSOOO)c2)NC(=O)[C@@H]2C[C@@H](O)CN2C1=O. The Morgan fingerprint density at radius 2 is 1.41 bits per heavy atom. The molecule has 3 aromatic rings. The van der Waals surface area contributed by atoms with Gasteiger partial charge in [-0.15, -0.1) is 0 Å². The fourth-order valence-electron chi connectivity index (χ4n) is 10.8. The molecule has 29 nitrogen and oxygen atoms in total. The molecule has 1 aliphatic carbocycles. The van der Waals surface area contributed by atoms with Crippen LogP contribution in [0.25, 0.3) is 11.1 Å². The molecule has 0 radical (unpaired) electrons. The van der Waals surface area contributed by atoms with Gasteiger partial charge in [-0.25, -0.2) is 10.1 Å². The fraction of sp³-hybridized carbons (Fsp3) is 0.528. The number of nitrogens with two attached hydrogens (primary N) is 1. The van der Waals surface area contributed by atoms with Gasteiger partial charge in [-0.1, -0.05) is 70.9 Å². The first-order chi connectivity index (χ1) is 39.6. The second-order valence-corrected chi connectivity index (χ2v) is 21.4. The molecule has 7 rings (SSSR count). The number of carbonyl (C=O) groups is 7. The lowest BCUT2D eigenvalue weighted by molar-refractivity contribution is -0.433. The lowest BCUT2D eigenvalue weighted by Crippen LogP contribution is -2.64. The number of hydrogen-bond donors (Lipinski definition) is 15. The molecule has 0 spiro atoms. The highest BCUT2D eigenvalue weighted by Gasteiger charge is 2.50. The number of nitrogens with zero attached hydrogens (tertiary/aromatic N) is 3. The first kappa shape index (κ1) is 63.8. The predicted molar refractivity (Wildman–Crippen MR) is 287 cm³/mol. The molecule has 7 amide bonds. The first-order valence-corrected chi connectivity index (χ1v) is 27.4. The number of phenolic OH excluding ortho intramolecular Hbond substituents is 1. The third kappa shape index (κ3) is 15.0. The van der Waals surface area contributed by atoms with Crippen LogP contribution in [0.4, 0.5) is 4.79 Å². The van der Waals surface area contributed by atoms with Crippen molar-refractivity contribution in [2.24, 2.45) is 11.7 Å². The van der Waals surface area contributed by atoms with Crippen molar-refractivity contribution >= 4 is 53.9 Å².